The van der Waals surface area contributed by atoms with E-state index in [1.165, 1.54) is 6.42 Å². The van der Waals surface area contributed by atoms with Gasteiger partial charge in [0.1, 0.15) is 11.4 Å². The van der Waals surface area contributed by atoms with E-state index in [1.54, 1.807) is 17.0 Å². The van der Waals surface area contributed by atoms with Crippen molar-refractivity contribution in [3.05, 3.63) is 60.5 Å². The highest BCUT2D eigenvalue weighted by molar-refractivity contribution is 5.94. The molecule has 0 saturated carbocycles. The Kier molecular flexibility index (Phi) is 6.32. The molecule has 1 aliphatic heterocycles. The summed E-state index contributed by atoms with van der Waals surface area (Å²) >= 11 is 0. The van der Waals surface area contributed by atoms with Crippen molar-refractivity contribution in [3.63, 3.8) is 0 Å². The number of nitrogens with zero attached hydrogens (tertiary/aromatic N) is 2. The molecule has 3 heterocycles. The molecule has 6 nitrogen and oxygen atoms in total. The van der Waals surface area contributed by atoms with Crippen molar-refractivity contribution in [3.8, 4) is 17.1 Å². The summed E-state index contributed by atoms with van der Waals surface area (Å²) in [6.45, 7) is 2.79. The second-order valence-electron chi connectivity index (χ2n) is 6.54. The zero-order chi connectivity index (χ0) is 17.8. The Morgan fingerprint density at radius 1 is 1.26 bits per heavy atom. The topological polar surface area (TPSA) is 72.1 Å². The van der Waals surface area contributed by atoms with Gasteiger partial charge in [-0.2, -0.15) is 5.10 Å². The van der Waals surface area contributed by atoms with Gasteiger partial charge in [0.05, 0.1) is 12.0 Å². The number of furan rings is 1. The molecule has 2 N–H and O–H groups in total. The highest BCUT2D eigenvalue weighted by Crippen LogP contribution is 2.22. The Hall–Kier alpha value is -2.57. The highest BCUT2D eigenvalue weighted by atomic mass is 35.5. The summed E-state index contributed by atoms with van der Waals surface area (Å²) in [4.78, 5) is 12.8. The van der Waals surface area contributed by atoms with Gasteiger partial charge in [-0.05, 0) is 56.1 Å². The number of hydrogen-bond acceptors (Lipinski definition) is 4. The second-order valence-corrected chi connectivity index (χ2v) is 6.54. The maximum atomic E-state index is 12.8. The largest absolute Gasteiger partial charge is 0.463 e. The standard InChI is InChI=1S/C20H22N4O2.ClH/c25-20(22-11-9-15-8-10-21-14-15)18-13-17(19-7-4-12-26-19)23-24(18)16-5-2-1-3-6-16;/h1-7,12-13,15,21H,8-11,14H2,(H,22,25);1H. The predicted octanol–water partition coefficient (Wildman–Crippen LogP) is 3.28. The fraction of sp³-hybridized carbons (Fsp3) is 0.300. The minimum atomic E-state index is -0.120. The number of amides is 1. The predicted molar refractivity (Wildman–Crippen MR) is 106 cm³/mol. The van der Waals surface area contributed by atoms with E-state index in [-0.39, 0.29) is 18.3 Å². The molecular formula is C20H23ClN4O2. The van der Waals surface area contributed by atoms with Crippen LogP contribution in [-0.2, 0) is 0 Å². The maximum absolute atomic E-state index is 12.8. The van der Waals surface area contributed by atoms with E-state index in [0.717, 1.165) is 25.2 Å². The van der Waals surface area contributed by atoms with Gasteiger partial charge in [0.2, 0.25) is 0 Å². The summed E-state index contributed by atoms with van der Waals surface area (Å²) in [5.41, 5.74) is 1.99. The molecule has 7 heteroatoms. The summed E-state index contributed by atoms with van der Waals surface area (Å²) in [5, 5.41) is 11.0. The number of carbonyl (C=O) groups excluding carboxylic acids is 1. The molecule has 0 bridgehead atoms. The van der Waals surface area contributed by atoms with Crippen LogP contribution in [0.25, 0.3) is 17.1 Å². The van der Waals surface area contributed by atoms with Gasteiger partial charge in [0.25, 0.3) is 5.91 Å². The van der Waals surface area contributed by atoms with Crippen molar-refractivity contribution in [2.24, 2.45) is 5.92 Å². The number of benzene rings is 1. The average Bonchev–Trinajstić information content (AvgIpc) is 3.42. The summed E-state index contributed by atoms with van der Waals surface area (Å²) in [6.07, 6.45) is 3.77. The van der Waals surface area contributed by atoms with Gasteiger partial charge in [-0.15, -0.1) is 12.4 Å². The van der Waals surface area contributed by atoms with Crippen LogP contribution in [-0.4, -0.2) is 35.3 Å². The first-order valence-electron chi connectivity index (χ1n) is 8.99. The molecule has 142 valence electrons. The number of rotatable bonds is 6. The fourth-order valence-corrected chi connectivity index (χ4v) is 3.29. The third-order valence-electron chi connectivity index (χ3n) is 4.72. The zero-order valence-corrected chi connectivity index (χ0v) is 15.7. The number of carbonyl (C=O) groups is 1. The lowest BCUT2D eigenvalue weighted by Crippen LogP contribution is -2.28. The quantitative estimate of drug-likeness (QED) is 0.682. The summed E-state index contributed by atoms with van der Waals surface area (Å²) < 4.78 is 7.11. The molecule has 2 aromatic heterocycles. The lowest BCUT2D eigenvalue weighted by Gasteiger charge is -2.10. The van der Waals surface area contributed by atoms with Crippen LogP contribution >= 0.6 is 12.4 Å². The smallest absolute Gasteiger partial charge is 0.270 e. The zero-order valence-electron chi connectivity index (χ0n) is 14.9. The molecule has 0 aliphatic carbocycles. The van der Waals surface area contributed by atoms with Crippen molar-refractivity contribution < 1.29 is 9.21 Å². The van der Waals surface area contributed by atoms with Crippen LogP contribution in [0.3, 0.4) is 0 Å². The van der Waals surface area contributed by atoms with Gasteiger partial charge < -0.3 is 15.1 Å². The van der Waals surface area contributed by atoms with E-state index < -0.39 is 0 Å². The van der Waals surface area contributed by atoms with Crippen molar-refractivity contribution in [1.29, 1.82) is 0 Å². The van der Waals surface area contributed by atoms with Gasteiger partial charge in [-0.1, -0.05) is 18.2 Å². The molecular weight excluding hydrogens is 364 g/mol. The first-order valence-corrected chi connectivity index (χ1v) is 8.99. The van der Waals surface area contributed by atoms with Crippen molar-refractivity contribution in [1.82, 2.24) is 20.4 Å². The fourth-order valence-electron chi connectivity index (χ4n) is 3.29. The second kappa shape index (κ2) is 8.88. The molecule has 1 atom stereocenters. The Labute approximate surface area is 164 Å². The van der Waals surface area contributed by atoms with E-state index in [2.05, 4.69) is 15.7 Å². The van der Waals surface area contributed by atoms with Crippen LogP contribution in [0.1, 0.15) is 23.3 Å². The van der Waals surface area contributed by atoms with Gasteiger partial charge in [0, 0.05) is 12.6 Å². The van der Waals surface area contributed by atoms with Crippen LogP contribution in [0.5, 0.6) is 0 Å². The normalized spacial score (nSPS) is 16.1. The molecule has 4 rings (SSSR count). The molecule has 3 aromatic rings. The minimum Gasteiger partial charge on any atom is -0.463 e. The number of nitrogens with one attached hydrogen (secondary N) is 2. The van der Waals surface area contributed by atoms with E-state index in [1.807, 2.05) is 42.5 Å². The van der Waals surface area contributed by atoms with Gasteiger partial charge >= 0.3 is 0 Å². The van der Waals surface area contributed by atoms with Crippen molar-refractivity contribution >= 4 is 18.3 Å². The van der Waals surface area contributed by atoms with E-state index in [0.29, 0.717) is 29.6 Å². The van der Waals surface area contributed by atoms with Gasteiger partial charge in [-0.3, -0.25) is 4.79 Å². The molecule has 1 saturated heterocycles. The van der Waals surface area contributed by atoms with Gasteiger partial charge in [0.15, 0.2) is 5.76 Å². The number of halogens is 1. The van der Waals surface area contributed by atoms with Crippen LogP contribution in [0.15, 0.2) is 59.2 Å². The highest BCUT2D eigenvalue weighted by Gasteiger charge is 2.19. The number of para-hydroxylation sites is 1. The molecule has 1 unspecified atom stereocenters. The summed E-state index contributed by atoms with van der Waals surface area (Å²) in [7, 11) is 0. The lowest BCUT2D eigenvalue weighted by molar-refractivity contribution is 0.0944. The maximum Gasteiger partial charge on any atom is 0.270 e. The van der Waals surface area contributed by atoms with Crippen molar-refractivity contribution in [2.75, 3.05) is 19.6 Å². The third kappa shape index (κ3) is 4.40. The molecule has 27 heavy (non-hydrogen) atoms. The Balaban J connectivity index is 0.00000210. The average molecular weight is 387 g/mol. The summed E-state index contributed by atoms with van der Waals surface area (Å²) in [5.74, 6) is 1.17. The molecule has 1 amide bonds. The van der Waals surface area contributed by atoms with E-state index in [9.17, 15) is 4.79 Å². The molecule has 1 aliphatic rings. The van der Waals surface area contributed by atoms with Gasteiger partial charge in [-0.25, -0.2) is 4.68 Å². The lowest BCUT2D eigenvalue weighted by atomic mass is 10.1. The Bertz CT molecular complexity index is 856. The first-order chi connectivity index (χ1) is 12.8. The van der Waals surface area contributed by atoms with Crippen LogP contribution in [0.4, 0.5) is 0 Å². The van der Waals surface area contributed by atoms with Crippen LogP contribution < -0.4 is 10.6 Å². The molecule has 1 aromatic carbocycles. The van der Waals surface area contributed by atoms with Crippen LogP contribution in [0.2, 0.25) is 0 Å². The SMILES string of the molecule is Cl.O=C(NCCC1CCNC1)c1cc(-c2ccco2)nn1-c1ccccc1. The van der Waals surface area contributed by atoms with Crippen LogP contribution in [0, 0.1) is 5.92 Å². The first kappa shape index (κ1) is 19.2. The monoisotopic (exact) mass is 386 g/mol. The Morgan fingerprint density at radius 3 is 2.81 bits per heavy atom. The van der Waals surface area contributed by atoms with E-state index >= 15 is 0 Å². The number of hydrogen-bond donors (Lipinski definition) is 2. The number of aromatic nitrogens is 2. The minimum absolute atomic E-state index is 0. The summed E-state index contributed by atoms with van der Waals surface area (Å²) in [6, 6.07) is 15.1. The molecule has 1 fully saturated rings. The third-order valence-corrected chi connectivity index (χ3v) is 4.72. The van der Waals surface area contributed by atoms with E-state index in [4.69, 9.17) is 4.42 Å². The van der Waals surface area contributed by atoms with Crippen molar-refractivity contribution in [2.45, 2.75) is 12.8 Å². The Morgan fingerprint density at radius 2 is 2.11 bits per heavy atom. The molecule has 0 radical (unpaired) electrons. The molecule has 0 spiro atoms.